The largest absolute Gasteiger partial charge is 0.493 e. The molecule has 0 bridgehead atoms. The first-order valence-corrected chi connectivity index (χ1v) is 7.87. The molecule has 0 radical (unpaired) electrons. The lowest BCUT2D eigenvalue weighted by molar-refractivity contribution is 0.288. The second-order valence-corrected chi connectivity index (χ2v) is 5.90. The molecule has 0 aliphatic heterocycles. The van der Waals surface area contributed by atoms with Crippen molar-refractivity contribution in [1.82, 2.24) is 5.32 Å². The molecule has 1 saturated carbocycles. The maximum atomic E-state index is 5.81. The van der Waals surface area contributed by atoms with Gasteiger partial charge in [0.05, 0.1) is 18.2 Å². The summed E-state index contributed by atoms with van der Waals surface area (Å²) in [5.74, 6) is 1.57. The van der Waals surface area contributed by atoms with E-state index in [9.17, 15) is 0 Å². The van der Waals surface area contributed by atoms with Gasteiger partial charge in [0.15, 0.2) is 11.5 Å². The normalized spacial score (nSPS) is 14.1. The first-order chi connectivity index (χ1) is 9.74. The third-order valence-electron chi connectivity index (χ3n) is 3.26. The number of allylic oxidation sites excluding steroid dienone is 1. The highest BCUT2D eigenvalue weighted by atomic mass is 79.9. The van der Waals surface area contributed by atoms with Crippen LogP contribution in [0.1, 0.15) is 31.2 Å². The molecule has 20 heavy (non-hydrogen) atoms. The highest BCUT2D eigenvalue weighted by Crippen LogP contribution is 2.37. The lowest BCUT2D eigenvalue weighted by Gasteiger charge is -2.14. The monoisotopic (exact) mass is 339 g/mol. The van der Waals surface area contributed by atoms with Crippen molar-refractivity contribution in [2.45, 2.75) is 38.3 Å². The van der Waals surface area contributed by atoms with E-state index in [1.165, 1.54) is 18.4 Å². The zero-order chi connectivity index (χ0) is 14.4. The zero-order valence-corrected chi connectivity index (χ0v) is 13.5. The lowest BCUT2D eigenvalue weighted by Crippen LogP contribution is -2.15. The van der Waals surface area contributed by atoms with Crippen LogP contribution in [0.2, 0.25) is 0 Å². The Morgan fingerprint density at radius 3 is 2.90 bits per heavy atom. The van der Waals surface area contributed by atoms with E-state index in [1.54, 1.807) is 7.11 Å². The maximum Gasteiger partial charge on any atom is 0.175 e. The van der Waals surface area contributed by atoms with Gasteiger partial charge in [0.25, 0.3) is 0 Å². The number of benzene rings is 1. The number of unbranched alkanes of at least 4 members (excludes halogenated alkanes) is 1. The maximum absolute atomic E-state index is 5.81. The minimum atomic E-state index is 0.667. The van der Waals surface area contributed by atoms with Crippen molar-refractivity contribution < 1.29 is 9.47 Å². The van der Waals surface area contributed by atoms with Gasteiger partial charge in [-0.1, -0.05) is 6.08 Å². The fourth-order valence-corrected chi connectivity index (χ4v) is 2.57. The van der Waals surface area contributed by atoms with E-state index in [0.717, 1.165) is 35.4 Å². The van der Waals surface area contributed by atoms with Crippen molar-refractivity contribution in [1.29, 1.82) is 0 Å². The van der Waals surface area contributed by atoms with Crippen LogP contribution in [0.3, 0.4) is 0 Å². The molecule has 1 aliphatic carbocycles. The molecular weight excluding hydrogens is 318 g/mol. The molecule has 1 aromatic carbocycles. The van der Waals surface area contributed by atoms with Crippen LogP contribution in [0, 0.1) is 0 Å². The summed E-state index contributed by atoms with van der Waals surface area (Å²) in [6, 6.07) is 4.85. The Morgan fingerprint density at radius 1 is 1.45 bits per heavy atom. The summed E-state index contributed by atoms with van der Waals surface area (Å²) in [5, 5.41) is 3.50. The van der Waals surface area contributed by atoms with Gasteiger partial charge in [0.2, 0.25) is 0 Å². The minimum absolute atomic E-state index is 0.667. The van der Waals surface area contributed by atoms with Gasteiger partial charge in [0, 0.05) is 12.6 Å². The number of halogens is 1. The molecule has 0 unspecified atom stereocenters. The molecule has 1 N–H and O–H groups in total. The van der Waals surface area contributed by atoms with E-state index < -0.39 is 0 Å². The fraction of sp³-hybridized carbons (Fsp3) is 0.500. The SMILES string of the molecule is C=CCCCOc1c(Br)cc(CNC2CC2)cc1OC. The van der Waals surface area contributed by atoms with Crippen molar-refractivity contribution in [2.75, 3.05) is 13.7 Å². The second-order valence-electron chi connectivity index (χ2n) is 5.04. The summed E-state index contributed by atoms with van der Waals surface area (Å²) in [6.07, 6.45) is 6.42. The first kappa shape index (κ1) is 15.4. The van der Waals surface area contributed by atoms with Crippen LogP contribution in [-0.2, 0) is 6.54 Å². The van der Waals surface area contributed by atoms with Gasteiger partial charge in [-0.3, -0.25) is 0 Å². The van der Waals surface area contributed by atoms with Crippen LogP contribution < -0.4 is 14.8 Å². The molecule has 3 nitrogen and oxygen atoms in total. The molecule has 0 amide bonds. The number of rotatable bonds is 9. The molecule has 0 atom stereocenters. The standard InChI is InChI=1S/C16H22BrNO2/c1-3-4-5-8-20-16-14(17)9-12(10-15(16)19-2)11-18-13-6-7-13/h3,9-10,13,18H,1,4-8,11H2,2H3. The number of hydrogen-bond donors (Lipinski definition) is 1. The Hall–Kier alpha value is -1.00. The third-order valence-corrected chi connectivity index (χ3v) is 3.85. The summed E-state index contributed by atoms with van der Waals surface area (Å²) in [5.41, 5.74) is 1.21. The molecule has 0 heterocycles. The van der Waals surface area contributed by atoms with E-state index in [1.807, 2.05) is 12.1 Å². The highest BCUT2D eigenvalue weighted by molar-refractivity contribution is 9.10. The molecule has 4 heteroatoms. The Balaban J connectivity index is 1.99. The average Bonchev–Trinajstić information content (AvgIpc) is 3.26. The third kappa shape index (κ3) is 4.53. The quantitative estimate of drug-likeness (QED) is 0.543. The summed E-state index contributed by atoms with van der Waals surface area (Å²) in [6.45, 7) is 5.25. The molecule has 110 valence electrons. The summed E-state index contributed by atoms with van der Waals surface area (Å²) < 4.78 is 12.2. The zero-order valence-electron chi connectivity index (χ0n) is 12.0. The van der Waals surface area contributed by atoms with E-state index in [4.69, 9.17) is 9.47 Å². The van der Waals surface area contributed by atoms with Gasteiger partial charge < -0.3 is 14.8 Å². The Kier molecular flexibility index (Phi) is 5.92. The van der Waals surface area contributed by atoms with Crippen LogP contribution in [0.4, 0.5) is 0 Å². The molecule has 1 aliphatic rings. The topological polar surface area (TPSA) is 30.5 Å². The van der Waals surface area contributed by atoms with Crippen molar-refractivity contribution in [3.8, 4) is 11.5 Å². The number of ether oxygens (including phenoxy) is 2. The number of methoxy groups -OCH3 is 1. The van der Waals surface area contributed by atoms with Crippen molar-refractivity contribution in [2.24, 2.45) is 0 Å². The Labute approximate surface area is 129 Å². The molecule has 1 fully saturated rings. The van der Waals surface area contributed by atoms with Crippen molar-refractivity contribution >= 4 is 15.9 Å². The molecule has 2 rings (SSSR count). The van der Waals surface area contributed by atoms with Gasteiger partial charge in [-0.25, -0.2) is 0 Å². The van der Waals surface area contributed by atoms with E-state index in [0.29, 0.717) is 12.6 Å². The van der Waals surface area contributed by atoms with Gasteiger partial charge in [0.1, 0.15) is 0 Å². The number of nitrogens with one attached hydrogen (secondary N) is 1. The Bertz CT molecular complexity index is 458. The predicted molar refractivity (Wildman–Crippen MR) is 85.5 cm³/mol. The smallest absolute Gasteiger partial charge is 0.175 e. The van der Waals surface area contributed by atoms with Crippen LogP contribution in [0.5, 0.6) is 11.5 Å². The van der Waals surface area contributed by atoms with Crippen LogP contribution in [0.15, 0.2) is 29.3 Å². The van der Waals surface area contributed by atoms with E-state index in [2.05, 4.69) is 33.9 Å². The van der Waals surface area contributed by atoms with E-state index in [-0.39, 0.29) is 0 Å². The molecule has 1 aromatic rings. The summed E-state index contributed by atoms with van der Waals surface area (Å²) in [4.78, 5) is 0. The van der Waals surface area contributed by atoms with Gasteiger partial charge in [-0.15, -0.1) is 6.58 Å². The summed E-state index contributed by atoms with van der Waals surface area (Å²) in [7, 11) is 1.68. The second kappa shape index (κ2) is 7.70. The van der Waals surface area contributed by atoms with Gasteiger partial charge in [-0.2, -0.15) is 0 Å². The fourth-order valence-electron chi connectivity index (χ4n) is 1.97. The minimum Gasteiger partial charge on any atom is -0.493 e. The summed E-state index contributed by atoms with van der Waals surface area (Å²) >= 11 is 3.58. The Morgan fingerprint density at radius 2 is 2.25 bits per heavy atom. The van der Waals surface area contributed by atoms with Crippen molar-refractivity contribution in [3.63, 3.8) is 0 Å². The van der Waals surface area contributed by atoms with Gasteiger partial charge in [-0.05, 0) is 59.3 Å². The average molecular weight is 340 g/mol. The van der Waals surface area contributed by atoms with E-state index >= 15 is 0 Å². The van der Waals surface area contributed by atoms with Crippen LogP contribution >= 0.6 is 15.9 Å². The molecule has 0 aromatic heterocycles. The molecular formula is C16H22BrNO2. The molecule has 0 spiro atoms. The first-order valence-electron chi connectivity index (χ1n) is 7.08. The number of hydrogen-bond acceptors (Lipinski definition) is 3. The molecule has 0 saturated heterocycles. The van der Waals surface area contributed by atoms with Crippen molar-refractivity contribution in [3.05, 3.63) is 34.8 Å². The van der Waals surface area contributed by atoms with Gasteiger partial charge >= 0.3 is 0 Å². The lowest BCUT2D eigenvalue weighted by atomic mass is 10.2. The predicted octanol–water partition coefficient (Wildman–Crippen LogP) is 4.05. The highest BCUT2D eigenvalue weighted by Gasteiger charge is 2.20. The van der Waals surface area contributed by atoms with Crippen LogP contribution in [-0.4, -0.2) is 19.8 Å². The van der Waals surface area contributed by atoms with Crippen LogP contribution in [0.25, 0.3) is 0 Å².